The predicted molar refractivity (Wildman–Crippen MR) is 383 cm³/mol. The molecule has 0 atom stereocenters. The molecular formula is C86H82N2O2. The standard InChI is InChI=1S/C86H82N2O2/c1-53(2)63-28-14-16-30-65(63)61-26-18-27-62(49-61)66-32-20-36-78(84(66)89)88(77-47-40-56(6)48-57(77)7)81-51-76(60-24-12-9-13-25-60)69-43-45-73-80(50-75(59-22-10-8-11-23-59)68-44-46-74(81)83(69)82(68)73)87(52-58-41-38-55(5)39-42-58)79-37-21-35-72-71-34-19-33-70(85(71)90-86(72)79)67-31-17-15-29-64(67)54(3)4/h14-21,26-51,53-54,59-60,89H,8-13,22-25,52H2,1-7H3. The first-order chi connectivity index (χ1) is 44.0. The van der Waals surface area contributed by atoms with Gasteiger partial charge in [-0.1, -0.05) is 247 Å². The van der Waals surface area contributed by atoms with E-state index in [1.807, 2.05) is 0 Å². The average molecular weight is 1180 g/mol. The summed E-state index contributed by atoms with van der Waals surface area (Å²) in [5.74, 6) is 1.78. The van der Waals surface area contributed by atoms with Crippen LogP contribution in [0.2, 0.25) is 0 Å². The third-order valence-corrected chi connectivity index (χ3v) is 20.6. The van der Waals surface area contributed by atoms with Crippen LogP contribution >= 0.6 is 0 Å². The van der Waals surface area contributed by atoms with Gasteiger partial charge in [0.1, 0.15) is 11.3 Å². The first-order valence-corrected chi connectivity index (χ1v) is 33.5. The summed E-state index contributed by atoms with van der Waals surface area (Å²) < 4.78 is 7.48. The van der Waals surface area contributed by atoms with Crippen molar-refractivity contribution in [2.45, 2.75) is 143 Å². The van der Waals surface area contributed by atoms with Crippen LogP contribution in [0.25, 0.3) is 87.6 Å². The van der Waals surface area contributed by atoms with E-state index in [9.17, 15) is 5.11 Å². The number of nitrogens with zero attached hydrogens (tertiary/aromatic N) is 2. The number of benzene rings is 12. The highest BCUT2D eigenvalue weighted by atomic mass is 16.3. The van der Waals surface area contributed by atoms with Gasteiger partial charge in [-0.2, -0.15) is 0 Å². The number of fused-ring (bicyclic) bond motifs is 3. The van der Waals surface area contributed by atoms with E-state index < -0.39 is 0 Å². The summed E-state index contributed by atoms with van der Waals surface area (Å²) in [7, 11) is 0. The first-order valence-electron chi connectivity index (χ1n) is 33.5. The van der Waals surface area contributed by atoms with Gasteiger partial charge in [-0.25, -0.2) is 0 Å². The van der Waals surface area contributed by atoms with Gasteiger partial charge in [0.25, 0.3) is 0 Å². The first kappa shape index (κ1) is 57.3. The maximum absolute atomic E-state index is 13.3. The van der Waals surface area contributed by atoms with Crippen molar-refractivity contribution < 1.29 is 9.52 Å². The Balaban J connectivity index is 1.01. The number of aryl methyl sites for hydroxylation is 3. The Morgan fingerprint density at radius 1 is 0.400 bits per heavy atom. The zero-order valence-electron chi connectivity index (χ0n) is 53.5. The van der Waals surface area contributed by atoms with Crippen LogP contribution in [0, 0.1) is 20.8 Å². The Morgan fingerprint density at radius 2 is 0.911 bits per heavy atom. The van der Waals surface area contributed by atoms with Gasteiger partial charge in [0.15, 0.2) is 5.58 Å². The molecule has 448 valence electrons. The highest BCUT2D eigenvalue weighted by Crippen LogP contribution is 2.55. The molecule has 0 unspecified atom stereocenters. The van der Waals surface area contributed by atoms with Gasteiger partial charge >= 0.3 is 0 Å². The number of hydrogen-bond acceptors (Lipinski definition) is 4. The molecule has 0 aliphatic heterocycles. The third-order valence-electron chi connectivity index (χ3n) is 20.6. The number of hydrogen-bond donors (Lipinski definition) is 1. The molecule has 1 heterocycles. The molecule has 2 aliphatic carbocycles. The maximum atomic E-state index is 13.3. The lowest BCUT2D eigenvalue weighted by atomic mass is 9.77. The number of anilines is 5. The summed E-state index contributed by atoms with van der Waals surface area (Å²) in [6.07, 6.45) is 12.1. The molecular weight excluding hydrogens is 1090 g/mol. The molecule has 1 aromatic heterocycles. The molecule has 0 bridgehead atoms. The molecule has 2 fully saturated rings. The van der Waals surface area contributed by atoms with E-state index in [0.29, 0.717) is 30.2 Å². The smallest absolute Gasteiger partial charge is 0.159 e. The normalized spacial score (nSPS) is 14.4. The van der Waals surface area contributed by atoms with Crippen LogP contribution in [-0.4, -0.2) is 5.11 Å². The van der Waals surface area contributed by atoms with E-state index in [-0.39, 0.29) is 5.75 Å². The highest BCUT2D eigenvalue weighted by molar-refractivity contribution is 6.29. The van der Waals surface area contributed by atoms with Gasteiger partial charge in [-0.05, 0) is 184 Å². The van der Waals surface area contributed by atoms with E-state index in [2.05, 4.69) is 265 Å². The minimum atomic E-state index is 0.265. The molecule has 4 heteroatoms. The minimum Gasteiger partial charge on any atom is -0.505 e. The van der Waals surface area contributed by atoms with Crippen molar-refractivity contribution in [3.05, 3.63) is 251 Å². The molecule has 15 rings (SSSR count). The fourth-order valence-corrected chi connectivity index (χ4v) is 16.1. The van der Waals surface area contributed by atoms with E-state index in [4.69, 9.17) is 4.42 Å². The Kier molecular flexibility index (Phi) is 15.1. The van der Waals surface area contributed by atoms with Crippen molar-refractivity contribution in [3.8, 4) is 39.1 Å². The number of phenols is 1. The van der Waals surface area contributed by atoms with Crippen LogP contribution in [0.5, 0.6) is 5.75 Å². The third kappa shape index (κ3) is 10.1. The van der Waals surface area contributed by atoms with Crippen LogP contribution < -0.4 is 9.80 Å². The Labute approximate surface area is 531 Å². The maximum Gasteiger partial charge on any atom is 0.159 e. The van der Waals surface area contributed by atoms with E-state index in [0.717, 1.165) is 85.3 Å². The van der Waals surface area contributed by atoms with Gasteiger partial charge in [0, 0.05) is 50.6 Å². The summed E-state index contributed by atoms with van der Waals surface area (Å²) in [4.78, 5) is 5.03. The summed E-state index contributed by atoms with van der Waals surface area (Å²) >= 11 is 0. The molecule has 2 saturated carbocycles. The lowest BCUT2D eigenvalue weighted by Crippen LogP contribution is -2.18. The van der Waals surface area contributed by atoms with Crippen LogP contribution in [0.4, 0.5) is 28.4 Å². The highest BCUT2D eigenvalue weighted by Gasteiger charge is 2.32. The van der Waals surface area contributed by atoms with Crippen molar-refractivity contribution in [3.63, 3.8) is 0 Å². The van der Waals surface area contributed by atoms with Crippen molar-refractivity contribution in [1.29, 1.82) is 0 Å². The molecule has 1 N–H and O–H groups in total. The van der Waals surface area contributed by atoms with Crippen LogP contribution in [0.1, 0.15) is 160 Å². The number of rotatable bonds is 14. The summed E-state index contributed by atoms with van der Waals surface area (Å²) in [5, 5.41) is 23.4. The van der Waals surface area contributed by atoms with Gasteiger partial charge < -0.3 is 19.3 Å². The molecule has 13 aromatic rings. The van der Waals surface area contributed by atoms with Gasteiger partial charge in [-0.3, -0.25) is 0 Å². The largest absolute Gasteiger partial charge is 0.505 e. The molecule has 90 heavy (non-hydrogen) atoms. The molecule has 0 saturated heterocycles. The van der Waals surface area contributed by atoms with Crippen molar-refractivity contribution in [2.75, 3.05) is 9.80 Å². The number of para-hydroxylation sites is 3. The predicted octanol–water partition coefficient (Wildman–Crippen LogP) is 25.3. The molecule has 2 aliphatic rings. The average Bonchev–Trinajstić information content (AvgIpc) is 0.717. The van der Waals surface area contributed by atoms with Crippen LogP contribution in [0.3, 0.4) is 0 Å². The van der Waals surface area contributed by atoms with E-state index >= 15 is 0 Å². The van der Waals surface area contributed by atoms with E-state index in [1.54, 1.807) is 0 Å². The fourth-order valence-electron chi connectivity index (χ4n) is 16.1. The zero-order valence-corrected chi connectivity index (χ0v) is 53.5. The Hall–Kier alpha value is -9.12. The number of phenolic OH excluding ortho intramolecular Hbond substituents is 1. The molecule has 0 spiro atoms. The van der Waals surface area contributed by atoms with Crippen molar-refractivity contribution >= 4 is 82.7 Å². The second-order valence-electron chi connectivity index (χ2n) is 27.1. The summed E-state index contributed by atoms with van der Waals surface area (Å²) in [6, 6.07) is 77.4. The molecule has 4 nitrogen and oxygen atoms in total. The number of aromatic hydroxyl groups is 1. The van der Waals surface area contributed by atoms with Gasteiger partial charge in [-0.15, -0.1) is 0 Å². The van der Waals surface area contributed by atoms with Crippen LogP contribution in [-0.2, 0) is 6.54 Å². The number of furan rings is 1. The quantitative estimate of drug-likeness (QED) is 0.110. The topological polar surface area (TPSA) is 39.9 Å². The molecule has 0 radical (unpaired) electrons. The van der Waals surface area contributed by atoms with Gasteiger partial charge in [0.05, 0.1) is 17.1 Å². The lowest BCUT2D eigenvalue weighted by Gasteiger charge is -2.34. The lowest BCUT2D eigenvalue weighted by molar-refractivity contribution is 0.445. The second-order valence-corrected chi connectivity index (χ2v) is 27.1. The fraction of sp³-hybridized carbons (Fsp3) is 0.256. The second kappa shape index (κ2) is 23.7. The molecule has 12 aromatic carbocycles. The summed E-state index contributed by atoms with van der Waals surface area (Å²) in [6.45, 7) is 16.4. The minimum absolute atomic E-state index is 0.265. The zero-order chi connectivity index (χ0) is 61.3. The van der Waals surface area contributed by atoms with Crippen molar-refractivity contribution in [1.82, 2.24) is 0 Å². The summed E-state index contributed by atoms with van der Waals surface area (Å²) in [5.41, 5.74) is 23.9. The molecule has 0 amide bonds. The SMILES string of the molecule is Cc1ccc(CN(c2cc(C3CCCCC3)c3ccc4c(N(c5ccc(C)cc5C)c5cccc(-c6cccc(-c7ccccc7C(C)C)c6)c5O)cc(C5CCCCC5)c5ccc2c3c54)c2cccc3c2oc2c(-c4ccccc4C(C)C)cccc23)cc1. The Bertz CT molecular complexity index is 4840. The monoisotopic (exact) mass is 1170 g/mol. The van der Waals surface area contributed by atoms with Gasteiger partial charge in [0.2, 0.25) is 0 Å². The van der Waals surface area contributed by atoms with Crippen molar-refractivity contribution in [2.24, 2.45) is 0 Å². The van der Waals surface area contributed by atoms with Crippen LogP contribution in [0.15, 0.2) is 211 Å². The Morgan fingerprint density at radius 3 is 1.57 bits per heavy atom. The van der Waals surface area contributed by atoms with E-state index in [1.165, 1.54) is 139 Å².